The number of rotatable bonds is 7. The Morgan fingerprint density at radius 1 is 0.904 bits per heavy atom. The van der Waals surface area contributed by atoms with Crippen molar-refractivity contribution < 1.29 is 23.9 Å². The summed E-state index contributed by atoms with van der Waals surface area (Å²) in [4.78, 5) is 64.8. The highest BCUT2D eigenvalue weighted by atomic mass is 16.6. The normalized spacial score (nSPS) is 20.7. The van der Waals surface area contributed by atoms with E-state index in [0.717, 1.165) is 61.3 Å². The van der Waals surface area contributed by atoms with Crippen LogP contribution in [-0.2, 0) is 32.1 Å². The van der Waals surface area contributed by atoms with Crippen molar-refractivity contribution in [2.75, 3.05) is 44.6 Å². The quantitative estimate of drug-likeness (QED) is 0.340. The largest absolute Gasteiger partial charge is 0.444 e. The second kappa shape index (κ2) is 15.0. The molecule has 276 valence electrons. The molecule has 52 heavy (non-hydrogen) atoms. The zero-order valence-electron chi connectivity index (χ0n) is 30.3. The summed E-state index contributed by atoms with van der Waals surface area (Å²) >= 11 is 0. The SMILES string of the molecule is CC(C)(C)OC(=O)N1CCc2cnc(Nc3cnn(C4CCN(C(=O)CN5CCC(c6ccc(C7CCC(=O)NC7=O)cc6)CC5)CC4)c3)nc2C1. The van der Waals surface area contributed by atoms with Crippen LogP contribution in [-0.4, -0.2) is 103 Å². The Morgan fingerprint density at radius 3 is 2.35 bits per heavy atom. The van der Waals surface area contributed by atoms with Gasteiger partial charge in [-0.2, -0.15) is 5.10 Å². The van der Waals surface area contributed by atoms with Crippen LogP contribution >= 0.6 is 0 Å². The molecule has 14 nitrogen and oxygen atoms in total. The molecule has 1 aromatic carbocycles. The maximum atomic E-state index is 13.3. The van der Waals surface area contributed by atoms with E-state index < -0.39 is 5.60 Å². The van der Waals surface area contributed by atoms with Crippen LogP contribution in [0.25, 0.3) is 0 Å². The predicted molar refractivity (Wildman–Crippen MR) is 193 cm³/mol. The van der Waals surface area contributed by atoms with Gasteiger partial charge in [0.25, 0.3) is 0 Å². The molecule has 0 saturated carbocycles. The third-order valence-corrected chi connectivity index (χ3v) is 10.6. The maximum absolute atomic E-state index is 13.3. The summed E-state index contributed by atoms with van der Waals surface area (Å²) in [6.07, 6.45) is 10.5. The van der Waals surface area contributed by atoms with Gasteiger partial charge in [-0.15, -0.1) is 0 Å². The molecule has 2 aromatic heterocycles. The van der Waals surface area contributed by atoms with Crippen LogP contribution in [0.4, 0.5) is 16.4 Å². The minimum Gasteiger partial charge on any atom is -0.444 e. The van der Waals surface area contributed by atoms with E-state index in [4.69, 9.17) is 9.72 Å². The maximum Gasteiger partial charge on any atom is 0.410 e. The summed E-state index contributed by atoms with van der Waals surface area (Å²) in [5.41, 5.74) is 4.29. The van der Waals surface area contributed by atoms with Crippen LogP contribution in [0.15, 0.2) is 42.9 Å². The number of ether oxygens (including phenoxy) is 1. The van der Waals surface area contributed by atoms with Crippen LogP contribution in [0.5, 0.6) is 0 Å². The topological polar surface area (TPSA) is 155 Å². The van der Waals surface area contributed by atoms with Crippen molar-refractivity contribution in [2.24, 2.45) is 0 Å². The molecule has 0 bridgehead atoms. The lowest BCUT2D eigenvalue weighted by molar-refractivity contribution is -0.135. The van der Waals surface area contributed by atoms with Gasteiger partial charge in [0, 0.05) is 38.4 Å². The number of anilines is 2. The predicted octanol–water partition coefficient (Wildman–Crippen LogP) is 4.27. The number of nitrogens with zero attached hydrogens (tertiary/aromatic N) is 7. The number of piperidine rings is 3. The minimum absolute atomic E-state index is 0.183. The van der Waals surface area contributed by atoms with Crippen molar-refractivity contribution in [3.63, 3.8) is 0 Å². The number of hydrogen-bond donors (Lipinski definition) is 2. The van der Waals surface area contributed by atoms with E-state index in [0.29, 0.717) is 63.9 Å². The van der Waals surface area contributed by atoms with Gasteiger partial charge in [-0.1, -0.05) is 24.3 Å². The third kappa shape index (κ3) is 8.43. The highest BCUT2D eigenvalue weighted by Gasteiger charge is 2.31. The van der Waals surface area contributed by atoms with Gasteiger partial charge < -0.3 is 19.9 Å². The van der Waals surface area contributed by atoms with Gasteiger partial charge in [-0.3, -0.25) is 29.3 Å². The fourth-order valence-corrected chi connectivity index (χ4v) is 7.68. The third-order valence-electron chi connectivity index (χ3n) is 10.6. The van der Waals surface area contributed by atoms with Crippen molar-refractivity contribution in [1.82, 2.24) is 39.8 Å². The molecular formula is C38H49N9O5. The van der Waals surface area contributed by atoms with Crippen molar-refractivity contribution in [2.45, 2.75) is 95.7 Å². The first-order valence-electron chi connectivity index (χ1n) is 18.5. The number of fused-ring (bicyclic) bond motifs is 1. The molecule has 1 unspecified atom stereocenters. The molecule has 3 saturated heterocycles. The van der Waals surface area contributed by atoms with E-state index in [1.54, 1.807) is 11.1 Å². The summed E-state index contributed by atoms with van der Waals surface area (Å²) in [7, 11) is 0. The van der Waals surface area contributed by atoms with Gasteiger partial charge in [0.2, 0.25) is 23.7 Å². The monoisotopic (exact) mass is 711 g/mol. The van der Waals surface area contributed by atoms with E-state index in [-0.39, 0.29) is 35.8 Å². The van der Waals surface area contributed by atoms with Gasteiger partial charge in [-0.25, -0.2) is 14.8 Å². The zero-order valence-corrected chi connectivity index (χ0v) is 30.3. The molecule has 0 radical (unpaired) electrons. The molecule has 3 aromatic rings. The number of benzene rings is 1. The first-order valence-corrected chi connectivity index (χ1v) is 18.5. The number of carbonyl (C=O) groups excluding carboxylic acids is 4. The highest BCUT2D eigenvalue weighted by Crippen LogP contribution is 2.32. The summed E-state index contributed by atoms with van der Waals surface area (Å²) in [5.74, 6) is 0.408. The first-order chi connectivity index (χ1) is 25.0. The van der Waals surface area contributed by atoms with Crippen LogP contribution in [0.2, 0.25) is 0 Å². The molecular weight excluding hydrogens is 662 g/mol. The van der Waals surface area contributed by atoms with E-state index in [1.807, 2.05) is 54.9 Å². The van der Waals surface area contributed by atoms with Gasteiger partial charge in [0.1, 0.15) is 5.60 Å². The molecule has 6 heterocycles. The van der Waals surface area contributed by atoms with Crippen LogP contribution in [0, 0.1) is 0 Å². The summed E-state index contributed by atoms with van der Waals surface area (Å²) in [5, 5.41) is 10.3. The van der Waals surface area contributed by atoms with E-state index >= 15 is 0 Å². The lowest BCUT2D eigenvalue weighted by atomic mass is 9.86. The van der Waals surface area contributed by atoms with Crippen molar-refractivity contribution in [3.8, 4) is 0 Å². The number of aromatic nitrogens is 4. The van der Waals surface area contributed by atoms with Crippen molar-refractivity contribution in [1.29, 1.82) is 0 Å². The van der Waals surface area contributed by atoms with Gasteiger partial charge in [0.15, 0.2) is 0 Å². The fourth-order valence-electron chi connectivity index (χ4n) is 7.68. The zero-order chi connectivity index (χ0) is 36.4. The Bertz CT molecular complexity index is 1790. The Balaban J connectivity index is 0.844. The van der Waals surface area contributed by atoms with Crippen LogP contribution in [0.3, 0.4) is 0 Å². The molecule has 7 rings (SSSR count). The summed E-state index contributed by atoms with van der Waals surface area (Å²) < 4.78 is 7.52. The standard InChI is InChI=1S/C38H49N9O5/c1-38(2,3)52-37(51)46-17-12-28-20-39-36(42-32(28)23-46)41-29-21-40-47(22-29)30-13-18-45(19-14-30)34(49)24-44-15-10-26(11-16-44)25-4-6-27(7-5-25)31-8-9-33(48)43-35(31)50/h4-7,20-22,26,30-31H,8-19,23-24H2,1-3H3,(H,39,41,42)(H,43,48,50). The number of imide groups is 1. The second-order valence-corrected chi connectivity index (χ2v) is 15.5. The summed E-state index contributed by atoms with van der Waals surface area (Å²) in [6, 6.07) is 8.50. The Morgan fingerprint density at radius 2 is 1.63 bits per heavy atom. The number of likely N-dealkylation sites (tertiary alicyclic amines) is 2. The minimum atomic E-state index is -0.555. The molecule has 3 fully saturated rings. The lowest BCUT2D eigenvalue weighted by Crippen LogP contribution is -2.46. The Kier molecular flexibility index (Phi) is 10.3. The molecule has 0 aliphatic carbocycles. The number of amides is 4. The number of nitrogens with one attached hydrogen (secondary N) is 2. The second-order valence-electron chi connectivity index (χ2n) is 15.5. The average Bonchev–Trinajstić information content (AvgIpc) is 3.59. The van der Waals surface area contributed by atoms with Gasteiger partial charge in [-0.05, 0) is 95.0 Å². The smallest absolute Gasteiger partial charge is 0.410 e. The molecule has 4 amide bonds. The van der Waals surface area contributed by atoms with E-state index in [2.05, 4.69) is 37.7 Å². The Hall–Kier alpha value is -4.85. The lowest BCUT2D eigenvalue weighted by Gasteiger charge is -2.36. The van der Waals surface area contributed by atoms with Gasteiger partial charge >= 0.3 is 6.09 Å². The van der Waals surface area contributed by atoms with E-state index in [1.165, 1.54) is 5.56 Å². The van der Waals surface area contributed by atoms with Crippen LogP contribution < -0.4 is 10.6 Å². The summed E-state index contributed by atoms with van der Waals surface area (Å²) in [6.45, 7) is 10.1. The van der Waals surface area contributed by atoms with Crippen LogP contribution in [0.1, 0.15) is 99.6 Å². The van der Waals surface area contributed by atoms with Crippen molar-refractivity contribution in [3.05, 3.63) is 65.2 Å². The number of hydrogen-bond acceptors (Lipinski definition) is 10. The average molecular weight is 712 g/mol. The molecule has 4 aliphatic rings. The molecule has 14 heteroatoms. The Labute approximate surface area is 304 Å². The van der Waals surface area contributed by atoms with E-state index in [9.17, 15) is 19.2 Å². The van der Waals surface area contributed by atoms with Gasteiger partial charge in [0.05, 0.1) is 42.6 Å². The first kappa shape index (κ1) is 35.5. The molecule has 1 atom stereocenters. The molecule has 4 aliphatic heterocycles. The van der Waals surface area contributed by atoms with Crippen molar-refractivity contribution >= 4 is 35.5 Å². The number of carbonyl (C=O) groups is 4. The molecule has 0 spiro atoms. The fraction of sp³-hybridized carbons (Fsp3) is 0.553. The molecule has 2 N–H and O–H groups in total. The highest BCUT2D eigenvalue weighted by molar-refractivity contribution is 6.00.